The zero-order valence-electron chi connectivity index (χ0n) is 7.16. The number of carbonyl (C=O) groups is 1. The number of carboxylic acids is 1. The quantitative estimate of drug-likeness (QED) is 0.680. The van der Waals surface area contributed by atoms with E-state index in [-0.39, 0.29) is 6.04 Å². The normalized spacial score (nSPS) is 19.9. The first-order valence-electron chi connectivity index (χ1n) is 4.30. The first-order chi connectivity index (χ1) is 6.18. The molecule has 13 heavy (non-hydrogen) atoms. The van der Waals surface area contributed by atoms with Crippen molar-refractivity contribution < 1.29 is 9.90 Å². The van der Waals surface area contributed by atoms with Gasteiger partial charge in [0.25, 0.3) is 0 Å². The van der Waals surface area contributed by atoms with Gasteiger partial charge in [0.05, 0.1) is 5.56 Å². The zero-order chi connectivity index (χ0) is 9.42. The molecule has 0 spiro atoms. The van der Waals surface area contributed by atoms with E-state index in [0.29, 0.717) is 5.56 Å². The fraction of sp³-hybridized carbons (Fsp3) is 0.300. The van der Waals surface area contributed by atoms with E-state index in [1.54, 1.807) is 12.1 Å². The van der Waals surface area contributed by atoms with Gasteiger partial charge < -0.3 is 10.8 Å². The van der Waals surface area contributed by atoms with Crippen LogP contribution in [0.5, 0.6) is 0 Å². The molecule has 1 aliphatic rings. The minimum absolute atomic E-state index is 0.0225. The van der Waals surface area contributed by atoms with E-state index in [0.717, 1.165) is 18.4 Å². The van der Waals surface area contributed by atoms with Gasteiger partial charge in [0.1, 0.15) is 0 Å². The Kier molecular flexibility index (Phi) is 1.81. The van der Waals surface area contributed by atoms with Crippen molar-refractivity contribution in [1.29, 1.82) is 0 Å². The number of fused-ring (bicyclic) bond motifs is 1. The van der Waals surface area contributed by atoms with E-state index in [4.69, 9.17) is 10.8 Å². The molecule has 3 N–H and O–H groups in total. The van der Waals surface area contributed by atoms with Crippen LogP contribution in [0.15, 0.2) is 18.2 Å². The van der Waals surface area contributed by atoms with E-state index in [2.05, 4.69) is 0 Å². The van der Waals surface area contributed by atoms with Crippen LogP contribution < -0.4 is 5.73 Å². The van der Waals surface area contributed by atoms with Crippen LogP contribution in [-0.2, 0) is 6.42 Å². The number of rotatable bonds is 1. The van der Waals surface area contributed by atoms with Gasteiger partial charge in [-0.05, 0) is 36.1 Å². The zero-order valence-corrected chi connectivity index (χ0v) is 7.16. The maximum Gasteiger partial charge on any atom is 0.335 e. The van der Waals surface area contributed by atoms with Crippen molar-refractivity contribution in [3.05, 3.63) is 34.9 Å². The summed E-state index contributed by atoms with van der Waals surface area (Å²) in [7, 11) is 0. The summed E-state index contributed by atoms with van der Waals surface area (Å²) >= 11 is 0. The van der Waals surface area contributed by atoms with Crippen LogP contribution in [0.25, 0.3) is 0 Å². The minimum Gasteiger partial charge on any atom is -0.478 e. The summed E-state index contributed by atoms with van der Waals surface area (Å²) < 4.78 is 0. The van der Waals surface area contributed by atoms with Crippen LogP contribution in [0.2, 0.25) is 0 Å². The van der Waals surface area contributed by atoms with E-state index in [1.807, 2.05) is 6.07 Å². The Balaban J connectivity index is 2.47. The Morgan fingerprint density at radius 2 is 2.31 bits per heavy atom. The fourth-order valence-electron chi connectivity index (χ4n) is 1.77. The largest absolute Gasteiger partial charge is 0.478 e. The van der Waals surface area contributed by atoms with Crippen molar-refractivity contribution in [3.8, 4) is 0 Å². The lowest BCUT2D eigenvalue weighted by Crippen LogP contribution is -2.06. The van der Waals surface area contributed by atoms with E-state index in [1.165, 1.54) is 5.56 Å². The lowest BCUT2D eigenvalue weighted by atomic mass is 10.0. The van der Waals surface area contributed by atoms with Gasteiger partial charge in [0, 0.05) is 6.04 Å². The molecule has 68 valence electrons. The molecule has 0 heterocycles. The van der Waals surface area contributed by atoms with E-state index >= 15 is 0 Å². The molecule has 0 saturated heterocycles. The monoisotopic (exact) mass is 177 g/mol. The highest BCUT2D eigenvalue weighted by Crippen LogP contribution is 2.29. The highest BCUT2D eigenvalue weighted by atomic mass is 16.4. The van der Waals surface area contributed by atoms with Gasteiger partial charge in [-0.15, -0.1) is 0 Å². The van der Waals surface area contributed by atoms with Crippen molar-refractivity contribution in [3.63, 3.8) is 0 Å². The molecule has 0 bridgehead atoms. The average molecular weight is 177 g/mol. The molecule has 0 aliphatic heterocycles. The van der Waals surface area contributed by atoms with Gasteiger partial charge in [0.15, 0.2) is 0 Å². The van der Waals surface area contributed by atoms with Crippen molar-refractivity contribution >= 4 is 5.97 Å². The van der Waals surface area contributed by atoms with Gasteiger partial charge >= 0.3 is 5.97 Å². The predicted molar refractivity (Wildman–Crippen MR) is 48.7 cm³/mol. The molecule has 3 heteroatoms. The molecule has 1 atom stereocenters. The van der Waals surface area contributed by atoms with Crippen LogP contribution in [0.1, 0.15) is 33.9 Å². The van der Waals surface area contributed by atoms with Crippen molar-refractivity contribution in [2.75, 3.05) is 0 Å². The summed E-state index contributed by atoms with van der Waals surface area (Å²) in [4.78, 5) is 10.7. The summed E-state index contributed by atoms with van der Waals surface area (Å²) in [6, 6.07) is 5.22. The summed E-state index contributed by atoms with van der Waals surface area (Å²) in [5.41, 5.74) is 8.34. The number of aromatic carboxylic acids is 1. The Bertz CT molecular complexity index is 360. The SMILES string of the molecule is N[C@H]1CCc2ccc(C(=O)O)cc21. The summed E-state index contributed by atoms with van der Waals surface area (Å²) in [5, 5.41) is 8.76. The Hall–Kier alpha value is -1.35. The summed E-state index contributed by atoms with van der Waals surface area (Å²) in [6.07, 6.45) is 1.90. The topological polar surface area (TPSA) is 63.3 Å². The number of carboxylic acid groups (broad SMARTS) is 1. The second kappa shape index (κ2) is 2.85. The molecule has 3 nitrogen and oxygen atoms in total. The van der Waals surface area contributed by atoms with Crippen LogP contribution in [-0.4, -0.2) is 11.1 Å². The third-order valence-corrected chi connectivity index (χ3v) is 2.52. The summed E-state index contributed by atoms with van der Waals surface area (Å²) in [5.74, 6) is -0.887. The summed E-state index contributed by atoms with van der Waals surface area (Å²) in [6.45, 7) is 0. The van der Waals surface area contributed by atoms with Gasteiger partial charge in [-0.2, -0.15) is 0 Å². The first-order valence-corrected chi connectivity index (χ1v) is 4.30. The molecule has 0 amide bonds. The van der Waals surface area contributed by atoms with Crippen LogP contribution >= 0.6 is 0 Å². The maximum absolute atomic E-state index is 10.7. The molecule has 0 saturated carbocycles. The first kappa shape index (κ1) is 8.26. The van der Waals surface area contributed by atoms with E-state index < -0.39 is 5.97 Å². The van der Waals surface area contributed by atoms with Gasteiger partial charge in [-0.1, -0.05) is 6.07 Å². The molecule has 1 aromatic rings. The lowest BCUT2D eigenvalue weighted by molar-refractivity contribution is 0.0697. The van der Waals surface area contributed by atoms with Crippen molar-refractivity contribution in [2.24, 2.45) is 5.73 Å². The number of hydrogen-bond acceptors (Lipinski definition) is 2. The van der Waals surface area contributed by atoms with Gasteiger partial charge in [0.2, 0.25) is 0 Å². The minimum atomic E-state index is -0.887. The maximum atomic E-state index is 10.7. The van der Waals surface area contributed by atoms with Gasteiger partial charge in [-0.25, -0.2) is 4.79 Å². The molecule has 0 aromatic heterocycles. The smallest absolute Gasteiger partial charge is 0.335 e. The standard InChI is InChI=1S/C10H11NO2/c11-9-4-3-6-1-2-7(10(12)13)5-8(6)9/h1-2,5,9H,3-4,11H2,(H,12,13)/t9-/m0/s1. The average Bonchev–Trinajstić information content (AvgIpc) is 2.47. The molecular formula is C10H11NO2. The second-order valence-electron chi connectivity index (χ2n) is 3.36. The number of nitrogens with two attached hydrogens (primary N) is 1. The molecule has 0 unspecified atom stereocenters. The molecular weight excluding hydrogens is 166 g/mol. The molecule has 0 fully saturated rings. The Morgan fingerprint density at radius 3 is 3.00 bits per heavy atom. The predicted octanol–water partition coefficient (Wildman–Crippen LogP) is 1.33. The Morgan fingerprint density at radius 1 is 1.54 bits per heavy atom. The molecule has 0 radical (unpaired) electrons. The van der Waals surface area contributed by atoms with Crippen LogP contribution in [0.4, 0.5) is 0 Å². The molecule has 1 aromatic carbocycles. The fourth-order valence-corrected chi connectivity index (χ4v) is 1.77. The number of aryl methyl sites for hydroxylation is 1. The highest BCUT2D eigenvalue weighted by molar-refractivity contribution is 5.88. The lowest BCUT2D eigenvalue weighted by Gasteiger charge is -2.04. The number of hydrogen-bond donors (Lipinski definition) is 2. The molecule has 1 aliphatic carbocycles. The van der Waals surface area contributed by atoms with Crippen molar-refractivity contribution in [2.45, 2.75) is 18.9 Å². The van der Waals surface area contributed by atoms with Crippen molar-refractivity contribution in [1.82, 2.24) is 0 Å². The van der Waals surface area contributed by atoms with Crippen LogP contribution in [0, 0.1) is 0 Å². The highest BCUT2D eigenvalue weighted by Gasteiger charge is 2.19. The second-order valence-corrected chi connectivity index (χ2v) is 3.36. The number of benzene rings is 1. The van der Waals surface area contributed by atoms with E-state index in [9.17, 15) is 4.79 Å². The third kappa shape index (κ3) is 1.31. The Labute approximate surface area is 76.2 Å². The third-order valence-electron chi connectivity index (χ3n) is 2.52. The van der Waals surface area contributed by atoms with Gasteiger partial charge in [-0.3, -0.25) is 0 Å². The van der Waals surface area contributed by atoms with Crippen LogP contribution in [0.3, 0.4) is 0 Å². The molecule has 2 rings (SSSR count).